The molecular weight excluding hydrogens is 304 g/mol. The molecule has 3 rings (SSSR count). The maximum Gasteiger partial charge on any atom is 0.341 e. The van der Waals surface area contributed by atoms with Gasteiger partial charge in [0.15, 0.2) is 0 Å². The summed E-state index contributed by atoms with van der Waals surface area (Å²) < 4.78 is 12.0. The Bertz CT molecular complexity index is 687. The first-order chi connectivity index (χ1) is 11.7. The Morgan fingerprint density at radius 2 is 1.96 bits per heavy atom. The summed E-state index contributed by atoms with van der Waals surface area (Å²) in [6.45, 7) is 3.06. The molecule has 1 aliphatic carbocycles. The summed E-state index contributed by atoms with van der Waals surface area (Å²) >= 11 is 0. The summed E-state index contributed by atoms with van der Waals surface area (Å²) in [6.07, 6.45) is 5.67. The quantitative estimate of drug-likeness (QED) is 0.698. The van der Waals surface area contributed by atoms with E-state index in [2.05, 4.69) is 29.4 Å². The van der Waals surface area contributed by atoms with Gasteiger partial charge < -0.3 is 9.47 Å². The van der Waals surface area contributed by atoms with Crippen molar-refractivity contribution in [3.63, 3.8) is 0 Å². The average Bonchev–Trinajstić information content (AvgIpc) is 3.29. The van der Waals surface area contributed by atoms with Gasteiger partial charge in [-0.05, 0) is 43.2 Å². The molecular formula is C19H24N2O3. The van der Waals surface area contributed by atoms with Crippen molar-refractivity contribution in [2.75, 3.05) is 13.7 Å². The molecule has 0 bridgehead atoms. The fourth-order valence-corrected chi connectivity index (χ4v) is 2.79. The molecule has 5 heteroatoms. The number of esters is 1. The number of carbonyl (C=O) groups is 1. The summed E-state index contributed by atoms with van der Waals surface area (Å²) in [6, 6.07) is 8.66. The largest absolute Gasteiger partial charge is 0.462 e. The Kier molecular flexibility index (Phi) is 5.30. The molecule has 1 saturated carbocycles. The van der Waals surface area contributed by atoms with Gasteiger partial charge in [0, 0.05) is 13.3 Å². The first-order valence-electron chi connectivity index (χ1n) is 8.49. The van der Waals surface area contributed by atoms with E-state index in [0.717, 1.165) is 11.5 Å². The first kappa shape index (κ1) is 16.7. The third-order valence-electron chi connectivity index (χ3n) is 4.20. The van der Waals surface area contributed by atoms with Gasteiger partial charge >= 0.3 is 5.97 Å². The number of nitrogens with zero attached hydrogens (tertiary/aromatic N) is 2. The van der Waals surface area contributed by atoms with E-state index < -0.39 is 0 Å². The summed E-state index contributed by atoms with van der Waals surface area (Å²) in [5.74, 6) is 0.543. The van der Waals surface area contributed by atoms with Gasteiger partial charge in [0.05, 0.1) is 19.8 Å². The SMILES string of the molecule is CCOC(=O)c1cn(Cc2ccc(CC3CC3)cc2)nc1COC. The van der Waals surface area contributed by atoms with Crippen molar-refractivity contribution >= 4 is 5.97 Å². The highest BCUT2D eigenvalue weighted by Gasteiger charge is 2.21. The van der Waals surface area contributed by atoms with Crippen LogP contribution in [0, 0.1) is 5.92 Å². The second-order valence-corrected chi connectivity index (χ2v) is 6.30. The lowest BCUT2D eigenvalue weighted by atomic mass is 10.1. The van der Waals surface area contributed by atoms with Crippen LogP contribution in [-0.2, 0) is 29.0 Å². The monoisotopic (exact) mass is 328 g/mol. The van der Waals surface area contributed by atoms with Gasteiger partial charge in [0.25, 0.3) is 0 Å². The second kappa shape index (κ2) is 7.62. The number of hydrogen-bond donors (Lipinski definition) is 0. The molecule has 1 heterocycles. The van der Waals surface area contributed by atoms with Crippen molar-refractivity contribution in [3.05, 3.63) is 52.8 Å². The summed E-state index contributed by atoms with van der Waals surface area (Å²) in [4.78, 5) is 12.0. The van der Waals surface area contributed by atoms with E-state index in [1.807, 2.05) is 0 Å². The van der Waals surface area contributed by atoms with Gasteiger partial charge in [0.1, 0.15) is 11.3 Å². The van der Waals surface area contributed by atoms with Gasteiger partial charge in [0.2, 0.25) is 0 Å². The fourth-order valence-electron chi connectivity index (χ4n) is 2.79. The molecule has 0 spiro atoms. The highest BCUT2D eigenvalue weighted by atomic mass is 16.5. The summed E-state index contributed by atoms with van der Waals surface area (Å²) in [7, 11) is 1.59. The Labute approximate surface area is 142 Å². The molecule has 2 aromatic rings. The average molecular weight is 328 g/mol. The summed E-state index contributed by atoms with van der Waals surface area (Å²) in [5.41, 5.74) is 3.65. The minimum atomic E-state index is -0.351. The molecule has 0 saturated heterocycles. The Balaban J connectivity index is 1.71. The van der Waals surface area contributed by atoms with Crippen molar-refractivity contribution in [3.8, 4) is 0 Å². The zero-order valence-corrected chi connectivity index (χ0v) is 14.3. The van der Waals surface area contributed by atoms with E-state index in [-0.39, 0.29) is 5.97 Å². The molecule has 0 N–H and O–H groups in total. The van der Waals surface area contributed by atoms with Crippen LogP contribution < -0.4 is 0 Å². The molecule has 0 atom stereocenters. The zero-order valence-electron chi connectivity index (χ0n) is 14.3. The molecule has 1 aromatic carbocycles. The van der Waals surface area contributed by atoms with Crippen molar-refractivity contribution in [2.24, 2.45) is 5.92 Å². The molecule has 1 fully saturated rings. The molecule has 1 aromatic heterocycles. The van der Waals surface area contributed by atoms with Gasteiger partial charge in [-0.15, -0.1) is 0 Å². The maximum atomic E-state index is 12.0. The van der Waals surface area contributed by atoms with Crippen molar-refractivity contribution < 1.29 is 14.3 Å². The van der Waals surface area contributed by atoms with Crippen LogP contribution in [0.3, 0.4) is 0 Å². The lowest BCUT2D eigenvalue weighted by Gasteiger charge is -2.04. The molecule has 5 nitrogen and oxygen atoms in total. The number of carbonyl (C=O) groups excluding carboxylic acids is 1. The lowest BCUT2D eigenvalue weighted by molar-refractivity contribution is 0.0521. The van der Waals surface area contributed by atoms with Crippen LogP contribution in [-0.4, -0.2) is 29.5 Å². The van der Waals surface area contributed by atoms with Crippen molar-refractivity contribution in [1.82, 2.24) is 9.78 Å². The first-order valence-corrected chi connectivity index (χ1v) is 8.49. The van der Waals surface area contributed by atoms with E-state index in [9.17, 15) is 4.79 Å². The number of ether oxygens (including phenoxy) is 2. The smallest absolute Gasteiger partial charge is 0.341 e. The molecule has 0 unspecified atom stereocenters. The van der Waals surface area contributed by atoms with Crippen LogP contribution in [0.25, 0.3) is 0 Å². The van der Waals surface area contributed by atoms with E-state index in [4.69, 9.17) is 9.47 Å². The van der Waals surface area contributed by atoms with E-state index >= 15 is 0 Å². The van der Waals surface area contributed by atoms with E-state index in [0.29, 0.717) is 31.0 Å². The van der Waals surface area contributed by atoms with Crippen LogP contribution in [0.4, 0.5) is 0 Å². The molecule has 128 valence electrons. The van der Waals surface area contributed by atoms with E-state index in [1.54, 1.807) is 24.9 Å². The number of methoxy groups -OCH3 is 1. The summed E-state index contributed by atoms with van der Waals surface area (Å²) in [5, 5.41) is 4.47. The van der Waals surface area contributed by atoms with Gasteiger partial charge in [-0.25, -0.2) is 4.79 Å². The Morgan fingerprint density at radius 1 is 1.25 bits per heavy atom. The minimum absolute atomic E-state index is 0.293. The Hall–Kier alpha value is -2.14. The molecule has 1 aliphatic rings. The minimum Gasteiger partial charge on any atom is -0.462 e. The van der Waals surface area contributed by atoms with Crippen LogP contribution in [0.15, 0.2) is 30.5 Å². The zero-order chi connectivity index (χ0) is 16.9. The van der Waals surface area contributed by atoms with Crippen molar-refractivity contribution in [2.45, 2.75) is 39.3 Å². The highest BCUT2D eigenvalue weighted by Crippen LogP contribution is 2.32. The molecule has 24 heavy (non-hydrogen) atoms. The predicted molar refractivity (Wildman–Crippen MR) is 90.9 cm³/mol. The third-order valence-corrected chi connectivity index (χ3v) is 4.20. The number of aromatic nitrogens is 2. The number of benzene rings is 1. The fraction of sp³-hybridized carbons (Fsp3) is 0.474. The number of rotatable bonds is 8. The van der Waals surface area contributed by atoms with Crippen LogP contribution in [0.2, 0.25) is 0 Å². The number of hydrogen-bond acceptors (Lipinski definition) is 4. The van der Waals surface area contributed by atoms with E-state index in [1.165, 1.54) is 24.8 Å². The van der Waals surface area contributed by atoms with Crippen LogP contribution in [0.1, 0.15) is 46.9 Å². The Morgan fingerprint density at radius 3 is 2.58 bits per heavy atom. The second-order valence-electron chi connectivity index (χ2n) is 6.30. The maximum absolute atomic E-state index is 12.0. The molecule has 0 aliphatic heterocycles. The predicted octanol–water partition coefficient (Wildman–Crippen LogP) is 3.21. The van der Waals surface area contributed by atoms with Crippen LogP contribution in [0.5, 0.6) is 0 Å². The third kappa shape index (κ3) is 4.23. The van der Waals surface area contributed by atoms with Gasteiger partial charge in [-0.3, -0.25) is 4.68 Å². The lowest BCUT2D eigenvalue weighted by Crippen LogP contribution is -2.07. The standard InChI is InChI=1S/C19H24N2O3/c1-3-24-19(22)17-12-21(20-18(17)13-23-2)11-16-8-6-15(7-9-16)10-14-4-5-14/h6-9,12,14H,3-5,10-11,13H2,1-2H3. The van der Waals surface area contributed by atoms with Gasteiger partial charge in [-0.1, -0.05) is 24.3 Å². The van der Waals surface area contributed by atoms with Gasteiger partial charge in [-0.2, -0.15) is 5.10 Å². The molecule has 0 radical (unpaired) electrons. The van der Waals surface area contributed by atoms with Crippen LogP contribution >= 0.6 is 0 Å². The van der Waals surface area contributed by atoms with Crippen molar-refractivity contribution in [1.29, 1.82) is 0 Å². The normalized spacial score (nSPS) is 13.9. The topological polar surface area (TPSA) is 53.4 Å². The molecule has 0 amide bonds. The highest BCUT2D eigenvalue weighted by molar-refractivity contribution is 5.90.